The van der Waals surface area contributed by atoms with Crippen LogP contribution in [0.15, 0.2) is 18.2 Å². The van der Waals surface area contributed by atoms with Crippen molar-refractivity contribution in [3.05, 3.63) is 23.8 Å². The van der Waals surface area contributed by atoms with Crippen molar-refractivity contribution in [2.75, 3.05) is 13.1 Å². The van der Waals surface area contributed by atoms with E-state index in [2.05, 4.69) is 37.7 Å². The monoisotopic (exact) mass is 1170 g/mol. The Balaban J connectivity index is 1.74. The number of carbonyl (C=O) groups excluding carboxylic acids is 8. The SMILES string of the molecule is CCCCCCCCCCCCCCCC(=O)NC1CC(O)C(O)NC(=O)C2C(O)C(C)CN2C(=O)C(C(O)CC(C)=O)NC(=O)C(C(O)C(O)c2ccc(O)c(OS(=O)(=O)O)c2)NC(=O)C2CC(O)CN2C(=O)C(C(C)O)NC1=O. The third kappa shape index (κ3) is 20.1. The number of phenols is 1. The fourth-order valence-electron chi connectivity index (χ4n) is 10.2. The summed E-state index contributed by atoms with van der Waals surface area (Å²) in [4.78, 5) is 114. The maximum Gasteiger partial charge on any atom is 0.446 e. The van der Waals surface area contributed by atoms with Crippen LogP contribution in [0.2, 0.25) is 0 Å². The molecule has 15 N–H and O–H groups in total. The van der Waals surface area contributed by atoms with Gasteiger partial charge in [0.2, 0.25) is 41.4 Å². The quantitative estimate of drug-likeness (QED) is 0.0375. The van der Waals surface area contributed by atoms with E-state index in [-0.39, 0.29) is 6.42 Å². The molecule has 0 bridgehead atoms. The summed E-state index contributed by atoms with van der Waals surface area (Å²) in [6.45, 7) is 4.47. The first kappa shape index (κ1) is 67.9. The zero-order valence-corrected chi connectivity index (χ0v) is 46.9. The number of aliphatic hydroxyl groups is 8. The molecule has 3 aliphatic rings. The molecule has 15 unspecified atom stereocenters. The lowest BCUT2D eigenvalue weighted by Crippen LogP contribution is -2.64. The van der Waals surface area contributed by atoms with Crippen LogP contribution in [-0.4, -0.2) is 208 Å². The van der Waals surface area contributed by atoms with E-state index in [1.807, 2.05) is 0 Å². The van der Waals surface area contributed by atoms with Crippen LogP contribution in [0.5, 0.6) is 11.5 Å². The normalized spacial score (nSPS) is 28.0. The molecule has 81 heavy (non-hydrogen) atoms. The van der Waals surface area contributed by atoms with Crippen molar-refractivity contribution in [1.29, 1.82) is 0 Å². The molecular formula is C52H83N7O21S. The minimum atomic E-state index is -5.32. The number of nitrogens with one attached hydrogen (secondary N) is 5. The van der Waals surface area contributed by atoms with Gasteiger partial charge < -0.3 is 86.5 Å². The predicted octanol–water partition coefficient (Wildman–Crippen LogP) is -2.52. The summed E-state index contributed by atoms with van der Waals surface area (Å²) in [5.41, 5.74) is -0.563. The number of nitrogens with zero attached hydrogens (tertiary/aromatic N) is 2. The minimum absolute atomic E-state index is 0.107. The van der Waals surface area contributed by atoms with E-state index >= 15 is 0 Å². The summed E-state index contributed by atoms with van der Waals surface area (Å²) in [6.07, 6.45) is -5.88. The number of benzene rings is 1. The Morgan fingerprint density at radius 1 is 0.728 bits per heavy atom. The molecule has 1 aromatic rings. The summed E-state index contributed by atoms with van der Waals surface area (Å²) in [6, 6.07) is -10.3. The summed E-state index contributed by atoms with van der Waals surface area (Å²) < 4.78 is 36.6. The van der Waals surface area contributed by atoms with Crippen LogP contribution in [0.4, 0.5) is 0 Å². The highest BCUT2D eigenvalue weighted by Crippen LogP contribution is 2.33. The number of amides is 7. The number of carbonyl (C=O) groups is 8. The van der Waals surface area contributed by atoms with Crippen molar-refractivity contribution >= 4 is 57.5 Å². The Morgan fingerprint density at radius 2 is 1.28 bits per heavy atom. The summed E-state index contributed by atoms with van der Waals surface area (Å²) in [5.74, 6) is -12.6. The van der Waals surface area contributed by atoms with Crippen molar-refractivity contribution in [1.82, 2.24) is 36.4 Å². The number of hydrogen-bond acceptors (Lipinski definition) is 20. The highest BCUT2D eigenvalue weighted by atomic mass is 32.3. The lowest BCUT2D eigenvalue weighted by atomic mass is 9.96. The molecule has 0 saturated carbocycles. The molecule has 0 aliphatic carbocycles. The van der Waals surface area contributed by atoms with E-state index in [1.54, 1.807) is 0 Å². The second-order valence-electron chi connectivity index (χ2n) is 21.5. The Kier molecular flexibility index (Phi) is 26.6. The molecule has 0 aromatic heterocycles. The zero-order valence-electron chi connectivity index (χ0n) is 46.1. The van der Waals surface area contributed by atoms with Crippen molar-refractivity contribution in [3.63, 3.8) is 0 Å². The molecule has 29 heteroatoms. The number of phenolic OH excluding ortho intramolecular Hbond substituents is 1. The number of Topliss-reactive ketones (excluding diaryl/α,β-unsaturated/α-hetero) is 1. The molecular weight excluding hydrogens is 1090 g/mol. The summed E-state index contributed by atoms with van der Waals surface area (Å²) in [7, 11) is -5.32. The van der Waals surface area contributed by atoms with Crippen LogP contribution < -0.4 is 30.8 Å². The molecule has 7 amide bonds. The van der Waals surface area contributed by atoms with Crippen LogP contribution in [-0.2, 0) is 48.8 Å². The van der Waals surface area contributed by atoms with Gasteiger partial charge in [-0.1, -0.05) is 97.0 Å². The lowest BCUT2D eigenvalue weighted by Gasteiger charge is -2.34. The minimum Gasteiger partial charge on any atom is -0.504 e. The van der Waals surface area contributed by atoms with Gasteiger partial charge in [-0.2, -0.15) is 8.42 Å². The van der Waals surface area contributed by atoms with Gasteiger partial charge in [0.15, 0.2) is 17.7 Å². The molecule has 3 aliphatic heterocycles. The topological polar surface area (TPSA) is 449 Å². The Labute approximate surface area is 470 Å². The summed E-state index contributed by atoms with van der Waals surface area (Å²) in [5, 5.41) is 112. The third-order valence-electron chi connectivity index (χ3n) is 14.7. The summed E-state index contributed by atoms with van der Waals surface area (Å²) >= 11 is 0. The average Bonchev–Trinajstić information content (AvgIpc) is 3.94. The molecule has 28 nitrogen and oxygen atoms in total. The van der Waals surface area contributed by atoms with Gasteiger partial charge in [-0.15, -0.1) is 0 Å². The second-order valence-corrected chi connectivity index (χ2v) is 22.5. The van der Waals surface area contributed by atoms with Crippen molar-refractivity contribution in [3.8, 4) is 11.5 Å². The first-order valence-corrected chi connectivity index (χ1v) is 29.0. The van der Waals surface area contributed by atoms with E-state index in [9.17, 15) is 97.3 Å². The Morgan fingerprint density at radius 3 is 1.85 bits per heavy atom. The largest absolute Gasteiger partial charge is 0.504 e. The number of aliphatic hydroxyl groups excluding tert-OH is 8. The molecule has 0 radical (unpaired) electrons. The highest BCUT2D eigenvalue weighted by Gasteiger charge is 2.51. The van der Waals surface area contributed by atoms with Crippen molar-refractivity contribution < 1.29 is 101 Å². The lowest BCUT2D eigenvalue weighted by molar-refractivity contribution is -0.149. The van der Waals surface area contributed by atoms with Crippen molar-refractivity contribution in [2.45, 2.75) is 222 Å². The van der Waals surface area contributed by atoms with E-state index in [0.717, 1.165) is 58.1 Å². The van der Waals surface area contributed by atoms with Crippen LogP contribution in [0.25, 0.3) is 0 Å². The first-order valence-electron chi connectivity index (χ1n) is 27.6. The molecule has 4 rings (SSSR count). The maximum atomic E-state index is 14.6. The number of rotatable bonds is 24. The molecule has 458 valence electrons. The number of hydrogen-bond donors (Lipinski definition) is 15. The number of aromatic hydroxyl groups is 1. The van der Waals surface area contributed by atoms with Crippen LogP contribution in [0.1, 0.15) is 149 Å². The first-order chi connectivity index (χ1) is 38.1. The average molecular weight is 1170 g/mol. The predicted molar refractivity (Wildman–Crippen MR) is 284 cm³/mol. The fourth-order valence-corrected chi connectivity index (χ4v) is 10.5. The van der Waals surface area contributed by atoms with Gasteiger partial charge in [0.25, 0.3) is 0 Å². The molecule has 15 atom stereocenters. The van der Waals surface area contributed by atoms with E-state index in [4.69, 9.17) is 0 Å². The van der Waals surface area contributed by atoms with Crippen LogP contribution >= 0.6 is 0 Å². The highest BCUT2D eigenvalue weighted by molar-refractivity contribution is 7.81. The van der Waals surface area contributed by atoms with Gasteiger partial charge in [0.1, 0.15) is 60.3 Å². The third-order valence-corrected chi connectivity index (χ3v) is 15.1. The fraction of sp³-hybridized carbons (Fsp3) is 0.731. The molecule has 3 heterocycles. The second kappa shape index (κ2) is 31.7. The standard InChI is InChI=1S/C52H83N7O21S/c1-5-6-7-8-9-10-11-12-13-14-15-16-17-18-38(66)53-32-24-36(65)48(72)57-50(74)42-43(67)27(2)25-59(42)52(76)40(35(64)21-28(3)60)55-49(73)41(45(69)44(68)30-19-20-34(63)37(22-30)80-81(77,78)79)56-47(71)33-23-31(62)26-58(33)51(75)39(29(4)61)54-46(32)70/h19-20,22,27,29,31-33,35-36,39-45,48,61-65,67-69,72H,5-18,21,23-26H2,1-4H3,(H,53,66)(H,54,70)(H,55,73)(H,56,71)(H,57,74)(H,77,78,79). The van der Waals surface area contributed by atoms with Gasteiger partial charge in [0.05, 0.1) is 24.4 Å². The molecule has 0 spiro atoms. The maximum absolute atomic E-state index is 14.6. The van der Waals surface area contributed by atoms with Crippen molar-refractivity contribution in [2.24, 2.45) is 5.92 Å². The molecule has 3 saturated heterocycles. The smallest absolute Gasteiger partial charge is 0.446 e. The van der Waals surface area contributed by atoms with E-state index < -0.39 is 198 Å². The van der Waals surface area contributed by atoms with Gasteiger partial charge in [-0.3, -0.25) is 42.9 Å². The molecule has 3 fully saturated rings. The van der Waals surface area contributed by atoms with Gasteiger partial charge in [-0.25, -0.2) is 0 Å². The Hall–Kier alpha value is -5.63. The Bertz CT molecular complexity index is 2440. The molecule has 1 aromatic carbocycles. The van der Waals surface area contributed by atoms with Crippen LogP contribution in [0, 0.1) is 5.92 Å². The van der Waals surface area contributed by atoms with Gasteiger partial charge in [-0.05, 0) is 38.0 Å². The number of ketones is 1. The van der Waals surface area contributed by atoms with E-state index in [1.165, 1.54) is 45.4 Å². The van der Waals surface area contributed by atoms with Gasteiger partial charge >= 0.3 is 10.4 Å². The zero-order chi connectivity index (χ0) is 60.5. The number of unbranched alkanes of at least 4 members (excludes halogenated alkanes) is 12. The van der Waals surface area contributed by atoms with E-state index in [0.29, 0.717) is 28.7 Å². The van der Waals surface area contributed by atoms with Crippen LogP contribution in [0.3, 0.4) is 0 Å². The number of fused-ring (bicyclic) bond motifs is 2. The van der Waals surface area contributed by atoms with Gasteiger partial charge in [0, 0.05) is 44.7 Å².